The molecule has 8 heteroatoms. The van der Waals surface area contributed by atoms with Gasteiger partial charge in [0.05, 0.1) is 11.9 Å². The first-order chi connectivity index (χ1) is 11.5. The molecule has 1 aliphatic heterocycles. The van der Waals surface area contributed by atoms with Crippen LogP contribution in [0.15, 0.2) is 4.99 Å². The van der Waals surface area contributed by atoms with Crippen LogP contribution < -0.4 is 10.6 Å². The molecule has 140 valence electrons. The number of rotatable bonds is 6. The van der Waals surface area contributed by atoms with Gasteiger partial charge in [0.2, 0.25) is 10.0 Å². The van der Waals surface area contributed by atoms with Gasteiger partial charge in [0.1, 0.15) is 0 Å². The number of hydrogen-bond donors (Lipinski definition) is 3. The van der Waals surface area contributed by atoms with E-state index in [1.165, 1.54) is 0 Å². The molecule has 0 radical (unpaired) electrons. The number of aliphatic imine (C=N–C) groups is 1. The molecule has 2 unspecified atom stereocenters. The lowest BCUT2D eigenvalue weighted by Gasteiger charge is -2.32. The molecule has 0 bridgehead atoms. The maximum atomic E-state index is 12.1. The summed E-state index contributed by atoms with van der Waals surface area (Å²) < 4.78 is 25.8. The first-order valence-corrected chi connectivity index (χ1v) is 10.7. The molecule has 1 aliphatic carbocycles. The van der Waals surface area contributed by atoms with E-state index in [1.807, 2.05) is 6.92 Å². The fraction of sp³-hybridized carbons (Fsp3) is 0.938. The Bertz CT molecular complexity index is 515. The van der Waals surface area contributed by atoms with Gasteiger partial charge in [-0.2, -0.15) is 0 Å². The Balaban J connectivity index is 1.75. The zero-order valence-electron chi connectivity index (χ0n) is 14.9. The Hall–Kier alpha value is -0.860. The molecule has 7 nitrogen and oxygen atoms in total. The molecule has 0 aromatic rings. The van der Waals surface area contributed by atoms with E-state index in [0.717, 1.165) is 44.6 Å². The van der Waals surface area contributed by atoms with Crippen LogP contribution in [0.5, 0.6) is 0 Å². The van der Waals surface area contributed by atoms with Crippen LogP contribution in [0.1, 0.15) is 45.4 Å². The van der Waals surface area contributed by atoms with E-state index in [1.54, 1.807) is 11.4 Å². The molecule has 0 aromatic heterocycles. The first kappa shape index (κ1) is 19.5. The van der Waals surface area contributed by atoms with Crippen molar-refractivity contribution in [1.29, 1.82) is 0 Å². The third-order valence-electron chi connectivity index (χ3n) is 5.02. The molecule has 0 aromatic carbocycles. The smallest absolute Gasteiger partial charge is 0.214 e. The van der Waals surface area contributed by atoms with Gasteiger partial charge in [-0.25, -0.2) is 12.7 Å². The van der Waals surface area contributed by atoms with E-state index in [-0.39, 0.29) is 17.9 Å². The van der Waals surface area contributed by atoms with Crippen molar-refractivity contribution in [3.63, 3.8) is 0 Å². The van der Waals surface area contributed by atoms with Crippen LogP contribution >= 0.6 is 0 Å². The Morgan fingerprint density at radius 3 is 2.50 bits per heavy atom. The number of hydrogen-bond acceptors (Lipinski definition) is 4. The van der Waals surface area contributed by atoms with Gasteiger partial charge >= 0.3 is 0 Å². The summed E-state index contributed by atoms with van der Waals surface area (Å²) in [5, 5.41) is 16.6. The number of aliphatic hydroxyl groups excluding tert-OH is 1. The number of nitrogens with zero attached hydrogens (tertiary/aromatic N) is 2. The largest absolute Gasteiger partial charge is 0.393 e. The fourth-order valence-electron chi connectivity index (χ4n) is 3.54. The van der Waals surface area contributed by atoms with Crippen molar-refractivity contribution in [3.05, 3.63) is 0 Å². The van der Waals surface area contributed by atoms with Crippen LogP contribution in [-0.4, -0.2) is 68.4 Å². The molecule has 2 atom stereocenters. The minimum absolute atomic E-state index is 0.206. The monoisotopic (exact) mass is 360 g/mol. The summed E-state index contributed by atoms with van der Waals surface area (Å²) in [5.41, 5.74) is 0. The van der Waals surface area contributed by atoms with Crippen molar-refractivity contribution in [2.45, 2.75) is 57.6 Å². The van der Waals surface area contributed by atoms with Crippen molar-refractivity contribution >= 4 is 16.0 Å². The van der Waals surface area contributed by atoms with Gasteiger partial charge in [-0.1, -0.05) is 13.3 Å². The summed E-state index contributed by atoms with van der Waals surface area (Å²) in [4.78, 5) is 4.25. The highest BCUT2D eigenvalue weighted by atomic mass is 32.2. The molecule has 2 rings (SSSR count). The molecule has 3 N–H and O–H groups in total. The quantitative estimate of drug-likeness (QED) is 0.474. The highest BCUT2D eigenvalue weighted by molar-refractivity contribution is 7.89. The molecule has 2 aliphatic rings. The topological polar surface area (TPSA) is 94.0 Å². The highest BCUT2D eigenvalue weighted by Gasteiger charge is 2.28. The summed E-state index contributed by atoms with van der Waals surface area (Å²) in [6.07, 6.45) is 5.06. The summed E-state index contributed by atoms with van der Waals surface area (Å²) >= 11 is 0. The van der Waals surface area contributed by atoms with Crippen molar-refractivity contribution in [3.8, 4) is 0 Å². The number of piperidine rings is 1. The Morgan fingerprint density at radius 1 is 1.25 bits per heavy atom. The highest BCUT2D eigenvalue weighted by Crippen LogP contribution is 2.24. The van der Waals surface area contributed by atoms with E-state index in [4.69, 9.17) is 0 Å². The third kappa shape index (κ3) is 5.32. The van der Waals surface area contributed by atoms with Crippen LogP contribution in [0, 0.1) is 5.92 Å². The SMILES string of the molecule is CCCS(=O)(=O)N1CCC(NC(=NC)NCC2CCCC2O)CC1. The van der Waals surface area contributed by atoms with Gasteiger partial charge in [-0.05, 0) is 32.1 Å². The first-order valence-electron chi connectivity index (χ1n) is 9.09. The summed E-state index contributed by atoms with van der Waals surface area (Å²) in [7, 11) is -1.35. The van der Waals surface area contributed by atoms with E-state index in [0.29, 0.717) is 25.4 Å². The molecule has 1 saturated carbocycles. The van der Waals surface area contributed by atoms with Gasteiger partial charge in [-0.15, -0.1) is 0 Å². The zero-order chi connectivity index (χ0) is 17.6. The molecule has 2 fully saturated rings. The van der Waals surface area contributed by atoms with Gasteiger partial charge in [0.25, 0.3) is 0 Å². The van der Waals surface area contributed by atoms with E-state index < -0.39 is 10.0 Å². The van der Waals surface area contributed by atoms with Crippen LogP contribution in [0.25, 0.3) is 0 Å². The predicted molar refractivity (Wildman–Crippen MR) is 96.5 cm³/mol. The van der Waals surface area contributed by atoms with Gasteiger partial charge in [-0.3, -0.25) is 4.99 Å². The van der Waals surface area contributed by atoms with Gasteiger partial charge in [0.15, 0.2) is 5.96 Å². The second kappa shape index (κ2) is 9.01. The number of guanidine groups is 1. The van der Waals surface area contributed by atoms with Gasteiger partial charge in [0, 0.05) is 38.6 Å². The standard InChI is InChI=1S/C16H32N4O3S/c1-3-11-24(22,23)20-9-7-14(8-10-20)19-16(17-2)18-12-13-5-4-6-15(13)21/h13-15,21H,3-12H2,1-2H3,(H2,17,18,19). The summed E-state index contributed by atoms with van der Waals surface area (Å²) in [6.45, 7) is 3.75. The van der Waals surface area contributed by atoms with Crippen molar-refractivity contribution < 1.29 is 13.5 Å². The van der Waals surface area contributed by atoms with Crippen LogP contribution in [0.3, 0.4) is 0 Å². The third-order valence-corrected chi connectivity index (χ3v) is 7.10. The molecule has 1 heterocycles. The Labute approximate surface area is 146 Å². The second-order valence-corrected chi connectivity index (χ2v) is 8.93. The average Bonchev–Trinajstić information content (AvgIpc) is 2.97. The maximum Gasteiger partial charge on any atom is 0.214 e. The lowest BCUT2D eigenvalue weighted by molar-refractivity contribution is 0.134. The molecule has 1 saturated heterocycles. The van der Waals surface area contributed by atoms with Crippen LogP contribution in [0.4, 0.5) is 0 Å². The van der Waals surface area contributed by atoms with Crippen LogP contribution in [0.2, 0.25) is 0 Å². The molecule has 24 heavy (non-hydrogen) atoms. The van der Waals surface area contributed by atoms with E-state index >= 15 is 0 Å². The average molecular weight is 361 g/mol. The van der Waals surface area contributed by atoms with Crippen molar-refractivity contribution in [2.24, 2.45) is 10.9 Å². The minimum Gasteiger partial charge on any atom is -0.393 e. The Morgan fingerprint density at radius 2 is 1.96 bits per heavy atom. The lowest BCUT2D eigenvalue weighted by atomic mass is 10.1. The second-order valence-electron chi connectivity index (χ2n) is 6.85. The van der Waals surface area contributed by atoms with Gasteiger partial charge < -0.3 is 15.7 Å². The molecular formula is C16H32N4O3S. The summed E-state index contributed by atoms with van der Waals surface area (Å²) in [6, 6.07) is 0.234. The van der Waals surface area contributed by atoms with E-state index in [9.17, 15) is 13.5 Å². The minimum atomic E-state index is -3.09. The lowest BCUT2D eigenvalue weighted by Crippen LogP contribution is -2.50. The number of nitrogens with one attached hydrogen (secondary N) is 2. The maximum absolute atomic E-state index is 12.1. The number of aliphatic hydroxyl groups is 1. The van der Waals surface area contributed by atoms with Crippen molar-refractivity contribution in [1.82, 2.24) is 14.9 Å². The number of sulfonamides is 1. The zero-order valence-corrected chi connectivity index (χ0v) is 15.7. The van der Waals surface area contributed by atoms with Crippen LogP contribution in [-0.2, 0) is 10.0 Å². The molecular weight excluding hydrogens is 328 g/mol. The Kier molecular flexibility index (Phi) is 7.31. The predicted octanol–water partition coefficient (Wildman–Crippen LogP) is 0.517. The molecule has 0 spiro atoms. The van der Waals surface area contributed by atoms with Crippen molar-refractivity contribution in [2.75, 3.05) is 32.4 Å². The summed E-state index contributed by atoms with van der Waals surface area (Å²) in [5.74, 6) is 1.27. The normalized spacial score (nSPS) is 27.4. The van der Waals surface area contributed by atoms with E-state index in [2.05, 4.69) is 15.6 Å². The fourth-order valence-corrected chi connectivity index (χ4v) is 5.08. The molecule has 0 amide bonds.